The van der Waals surface area contributed by atoms with Crippen LogP contribution in [0, 0.1) is 0 Å². The maximum Gasteiger partial charge on any atom is 0.272 e. The minimum absolute atomic E-state index is 0.243. The summed E-state index contributed by atoms with van der Waals surface area (Å²) in [7, 11) is 3.19. The molecular weight excluding hydrogens is 294 g/mol. The Hall–Kier alpha value is -3.02. The van der Waals surface area contributed by atoms with Crippen LogP contribution < -0.4 is 14.8 Å². The van der Waals surface area contributed by atoms with E-state index in [4.69, 9.17) is 9.47 Å². The second-order valence-corrected chi connectivity index (χ2v) is 4.98. The molecule has 0 spiro atoms. The number of carbonyl (C=O) groups is 1. The summed E-state index contributed by atoms with van der Waals surface area (Å²) in [4.78, 5) is 12.4. The SMILES string of the molecule is COc1ccc(OC)c(CNC(=O)c2n[nH]c3ccccc23)c1. The van der Waals surface area contributed by atoms with E-state index in [0.717, 1.165) is 16.5 Å². The summed E-state index contributed by atoms with van der Waals surface area (Å²) in [6.45, 7) is 0.320. The molecule has 1 heterocycles. The van der Waals surface area contributed by atoms with Gasteiger partial charge in [-0.2, -0.15) is 5.10 Å². The predicted molar refractivity (Wildman–Crippen MR) is 86.8 cm³/mol. The molecule has 0 saturated heterocycles. The molecule has 2 N–H and O–H groups in total. The van der Waals surface area contributed by atoms with Crippen LogP contribution in [-0.4, -0.2) is 30.3 Å². The van der Waals surface area contributed by atoms with Crippen LogP contribution in [0.15, 0.2) is 42.5 Å². The van der Waals surface area contributed by atoms with Gasteiger partial charge in [0.2, 0.25) is 0 Å². The van der Waals surface area contributed by atoms with Crippen molar-refractivity contribution < 1.29 is 14.3 Å². The van der Waals surface area contributed by atoms with Crippen LogP contribution in [0.2, 0.25) is 0 Å². The molecule has 3 rings (SSSR count). The normalized spacial score (nSPS) is 10.5. The molecule has 23 heavy (non-hydrogen) atoms. The van der Waals surface area contributed by atoms with E-state index in [1.807, 2.05) is 42.5 Å². The van der Waals surface area contributed by atoms with Gasteiger partial charge in [-0.05, 0) is 24.3 Å². The largest absolute Gasteiger partial charge is 0.497 e. The number of ether oxygens (including phenoxy) is 2. The number of nitrogens with zero attached hydrogens (tertiary/aromatic N) is 1. The molecule has 118 valence electrons. The van der Waals surface area contributed by atoms with Gasteiger partial charge in [-0.3, -0.25) is 9.89 Å². The van der Waals surface area contributed by atoms with E-state index in [1.54, 1.807) is 14.2 Å². The lowest BCUT2D eigenvalue weighted by Crippen LogP contribution is -2.23. The van der Waals surface area contributed by atoms with Gasteiger partial charge in [0.05, 0.1) is 19.7 Å². The lowest BCUT2D eigenvalue weighted by Gasteiger charge is -2.11. The summed E-state index contributed by atoms with van der Waals surface area (Å²) in [5.74, 6) is 1.16. The number of amides is 1. The quantitative estimate of drug-likeness (QED) is 0.759. The van der Waals surface area contributed by atoms with Crippen LogP contribution >= 0.6 is 0 Å². The van der Waals surface area contributed by atoms with E-state index in [-0.39, 0.29) is 5.91 Å². The van der Waals surface area contributed by atoms with Gasteiger partial charge in [0.25, 0.3) is 5.91 Å². The number of fused-ring (bicyclic) bond motifs is 1. The van der Waals surface area contributed by atoms with Gasteiger partial charge in [-0.25, -0.2) is 0 Å². The molecule has 1 aromatic heterocycles. The summed E-state index contributed by atoms with van der Waals surface area (Å²) in [6, 6.07) is 13.0. The number of hydrogen-bond acceptors (Lipinski definition) is 4. The molecule has 2 aromatic carbocycles. The first-order valence-corrected chi connectivity index (χ1v) is 7.15. The first-order chi connectivity index (χ1) is 11.2. The fraction of sp³-hybridized carbons (Fsp3) is 0.176. The number of H-pyrrole nitrogens is 1. The summed E-state index contributed by atoms with van der Waals surface area (Å²) in [5, 5.41) is 10.6. The maximum absolute atomic E-state index is 12.4. The lowest BCUT2D eigenvalue weighted by molar-refractivity contribution is 0.0947. The zero-order valence-corrected chi connectivity index (χ0v) is 12.9. The summed E-state index contributed by atoms with van der Waals surface area (Å²) >= 11 is 0. The van der Waals surface area contributed by atoms with Crippen LogP contribution in [0.5, 0.6) is 11.5 Å². The molecule has 0 aliphatic heterocycles. The zero-order chi connectivity index (χ0) is 16.2. The third-order valence-electron chi connectivity index (χ3n) is 3.61. The van der Waals surface area contributed by atoms with E-state index in [1.165, 1.54) is 0 Å². The molecule has 3 aromatic rings. The van der Waals surface area contributed by atoms with E-state index in [9.17, 15) is 4.79 Å². The molecule has 0 unspecified atom stereocenters. The van der Waals surface area contributed by atoms with Crippen molar-refractivity contribution in [1.82, 2.24) is 15.5 Å². The van der Waals surface area contributed by atoms with Gasteiger partial charge in [0.1, 0.15) is 11.5 Å². The summed E-state index contributed by atoms with van der Waals surface area (Å²) in [6.07, 6.45) is 0. The van der Waals surface area contributed by atoms with E-state index < -0.39 is 0 Å². The van der Waals surface area contributed by atoms with Gasteiger partial charge in [-0.15, -0.1) is 0 Å². The zero-order valence-electron chi connectivity index (χ0n) is 12.9. The van der Waals surface area contributed by atoms with Crippen LogP contribution in [0.25, 0.3) is 10.9 Å². The highest BCUT2D eigenvalue weighted by molar-refractivity contribution is 6.04. The number of aromatic amines is 1. The highest BCUT2D eigenvalue weighted by Crippen LogP contribution is 2.24. The standard InChI is InChI=1S/C17H17N3O3/c1-22-12-7-8-15(23-2)11(9-12)10-18-17(21)16-13-5-3-4-6-14(13)19-20-16/h3-9H,10H2,1-2H3,(H,18,21)(H,19,20). The fourth-order valence-corrected chi connectivity index (χ4v) is 2.42. The number of para-hydroxylation sites is 1. The fourth-order valence-electron chi connectivity index (χ4n) is 2.42. The van der Waals surface area contributed by atoms with Crippen LogP contribution in [0.3, 0.4) is 0 Å². The molecule has 6 nitrogen and oxygen atoms in total. The number of methoxy groups -OCH3 is 2. The number of benzene rings is 2. The van der Waals surface area contributed by atoms with Gasteiger partial charge >= 0.3 is 0 Å². The van der Waals surface area contributed by atoms with Crippen LogP contribution in [-0.2, 0) is 6.54 Å². The van der Waals surface area contributed by atoms with Gasteiger partial charge in [0, 0.05) is 17.5 Å². The lowest BCUT2D eigenvalue weighted by atomic mass is 10.1. The van der Waals surface area contributed by atoms with Crippen molar-refractivity contribution in [2.45, 2.75) is 6.54 Å². The van der Waals surface area contributed by atoms with Crippen molar-refractivity contribution in [3.8, 4) is 11.5 Å². The first kappa shape index (κ1) is 14.9. The third-order valence-corrected chi connectivity index (χ3v) is 3.61. The van der Waals surface area contributed by atoms with E-state index in [2.05, 4.69) is 15.5 Å². The Morgan fingerprint density at radius 2 is 2.00 bits per heavy atom. The first-order valence-electron chi connectivity index (χ1n) is 7.15. The number of hydrogen-bond donors (Lipinski definition) is 2. The molecule has 0 saturated carbocycles. The Morgan fingerprint density at radius 3 is 2.78 bits per heavy atom. The Bertz CT molecular complexity index is 842. The predicted octanol–water partition coefficient (Wildman–Crippen LogP) is 2.51. The number of rotatable bonds is 5. The number of nitrogens with one attached hydrogen (secondary N) is 2. The van der Waals surface area contributed by atoms with Crippen molar-refractivity contribution in [2.75, 3.05) is 14.2 Å². The monoisotopic (exact) mass is 311 g/mol. The molecule has 0 bridgehead atoms. The summed E-state index contributed by atoms with van der Waals surface area (Å²) < 4.78 is 10.5. The highest BCUT2D eigenvalue weighted by Gasteiger charge is 2.14. The highest BCUT2D eigenvalue weighted by atomic mass is 16.5. The Balaban J connectivity index is 1.79. The van der Waals surface area contributed by atoms with Crippen LogP contribution in [0.4, 0.5) is 0 Å². The van der Waals surface area contributed by atoms with E-state index in [0.29, 0.717) is 23.7 Å². The summed E-state index contributed by atoms with van der Waals surface area (Å²) in [5.41, 5.74) is 2.04. The molecule has 0 aliphatic rings. The smallest absolute Gasteiger partial charge is 0.272 e. The molecule has 1 amide bonds. The molecule has 0 aliphatic carbocycles. The van der Waals surface area contributed by atoms with Gasteiger partial charge < -0.3 is 14.8 Å². The Morgan fingerprint density at radius 1 is 1.17 bits per heavy atom. The molecule has 6 heteroatoms. The number of aromatic nitrogens is 2. The number of carbonyl (C=O) groups excluding carboxylic acids is 1. The molecular formula is C17H17N3O3. The van der Waals surface area contributed by atoms with E-state index >= 15 is 0 Å². The van der Waals surface area contributed by atoms with Crippen molar-refractivity contribution in [2.24, 2.45) is 0 Å². The second kappa shape index (κ2) is 6.39. The maximum atomic E-state index is 12.4. The molecule has 0 atom stereocenters. The minimum atomic E-state index is -0.243. The van der Waals surface area contributed by atoms with Gasteiger partial charge in [0.15, 0.2) is 5.69 Å². The van der Waals surface area contributed by atoms with Crippen molar-refractivity contribution in [1.29, 1.82) is 0 Å². The Kier molecular flexibility index (Phi) is 4.14. The Labute approximate surface area is 133 Å². The topological polar surface area (TPSA) is 76.2 Å². The minimum Gasteiger partial charge on any atom is -0.497 e. The van der Waals surface area contributed by atoms with Crippen molar-refractivity contribution in [3.05, 3.63) is 53.7 Å². The van der Waals surface area contributed by atoms with Gasteiger partial charge in [-0.1, -0.05) is 18.2 Å². The second-order valence-electron chi connectivity index (χ2n) is 4.98. The average molecular weight is 311 g/mol. The van der Waals surface area contributed by atoms with Crippen molar-refractivity contribution in [3.63, 3.8) is 0 Å². The third kappa shape index (κ3) is 2.96. The molecule has 0 radical (unpaired) electrons. The average Bonchev–Trinajstić information content (AvgIpc) is 3.03. The van der Waals surface area contributed by atoms with Crippen molar-refractivity contribution >= 4 is 16.8 Å². The molecule has 0 fully saturated rings. The van der Waals surface area contributed by atoms with Crippen LogP contribution in [0.1, 0.15) is 16.1 Å².